The van der Waals surface area contributed by atoms with Gasteiger partial charge in [-0.15, -0.1) is 0 Å². The molecule has 1 heterocycles. The maximum absolute atomic E-state index is 7.92. The number of aromatic nitrogens is 1. The predicted molar refractivity (Wildman–Crippen MR) is 79.1 cm³/mol. The van der Waals surface area contributed by atoms with E-state index in [2.05, 4.69) is 10.3 Å². The van der Waals surface area contributed by atoms with Gasteiger partial charge in [-0.2, -0.15) is 0 Å². The minimum Gasteiger partial charge on any atom is -0.373 e. The number of hydrogen-bond acceptors (Lipinski definition) is 5. The molecule has 0 fully saturated rings. The van der Waals surface area contributed by atoms with Gasteiger partial charge in [-0.05, 0) is 24.4 Å². The summed E-state index contributed by atoms with van der Waals surface area (Å²) in [6, 6.07) is 7.75. The summed E-state index contributed by atoms with van der Waals surface area (Å²) < 4.78 is 0. The molecule has 1 aromatic carbocycles. The Bertz CT molecular complexity index is 621. The topological polar surface area (TPSA) is 72.6 Å². The second-order valence-corrected chi connectivity index (χ2v) is 5.09. The van der Waals surface area contributed by atoms with Gasteiger partial charge in [0, 0.05) is 24.2 Å². The number of nitrogens with zero attached hydrogens (tertiary/aromatic N) is 1. The first-order valence-corrected chi connectivity index (χ1v) is 6.31. The van der Waals surface area contributed by atoms with Crippen molar-refractivity contribution in [2.75, 3.05) is 12.4 Å². The Morgan fingerprint density at radius 1 is 1.22 bits per heavy atom. The Hall–Kier alpha value is -1.88. The van der Waals surface area contributed by atoms with E-state index in [0.717, 1.165) is 33.9 Å². The molecule has 0 aliphatic rings. The van der Waals surface area contributed by atoms with Crippen LogP contribution in [0.5, 0.6) is 0 Å². The Labute approximate surface area is 110 Å². The molecule has 0 saturated heterocycles. The van der Waals surface area contributed by atoms with E-state index in [0.29, 0.717) is 10.1 Å². The molecule has 0 unspecified atom stereocenters. The van der Waals surface area contributed by atoms with Crippen LogP contribution in [0.2, 0.25) is 0 Å². The van der Waals surface area contributed by atoms with E-state index < -0.39 is 0 Å². The van der Waals surface area contributed by atoms with Gasteiger partial charge in [0.15, 0.2) is 0 Å². The summed E-state index contributed by atoms with van der Waals surface area (Å²) in [4.78, 5) is 4.24. The number of anilines is 1. The van der Waals surface area contributed by atoms with Crippen molar-refractivity contribution in [3.63, 3.8) is 0 Å². The fraction of sp³-hybridized carbons (Fsp3) is 0.154. The molecular weight excluding hydrogens is 244 g/mol. The molecule has 2 aromatic rings. The van der Waals surface area contributed by atoms with Crippen molar-refractivity contribution in [1.29, 1.82) is 10.8 Å². The van der Waals surface area contributed by atoms with Crippen molar-refractivity contribution in [3.8, 4) is 0 Å². The standard InChI is InChI=1S/C13H14N4S/c1-8(14)18-13(15)9-3-4-10-7-17-12(16-2)6-11(10)5-9/h3-7,14-15H,1-2H3,(H,16,17). The molecule has 3 N–H and O–H groups in total. The third-order valence-electron chi connectivity index (χ3n) is 2.50. The molecule has 4 nitrogen and oxygen atoms in total. The van der Waals surface area contributed by atoms with Gasteiger partial charge in [0.05, 0.1) is 5.04 Å². The number of thioether (sulfide) groups is 1. The Kier molecular flexibility index (Phi) is 3.62. The summed E-state index contributed by atoms with van der Waals surface area (Å²) in [6.07, 6.45) is 1.81. The van der Waals surface area contributed by atoms with Gasteiger partial charge in [-0.3, -0.25) is 10.8 Å². The summed E-state index contributed by atoms with van der Waals surface area (Å²) in [5.74, 6) is 0.807. The van der Waals surface area contributed by atoms with Gasteiger partial charge in [0.25, 0.3) is 0 Å². The Balaban J connectivity index is 2.42. The fourth-order valence-electron chi connectivity index (χ4n) is 1.63. The van der Waals surface area contributed by atoms with Crippen molar-refractivity contribution < 1.29 is 0 Å². The highest BCUT2D eigenvalue weighted by Crippen LogP contribution is 2.21. The van der Waals surface area contributed by atoms with E-state index in [1.165, 1.54) is 0 Å². The number of rotatable bonds is 2. The van der Waals surface area contributed by atoms with E-state index in [1.54, 1.807) is 6.92 Å². The Morgan fingerprint density at radius 2 is 2.00 bits per heavy atom. The summed E-state index contributed by atoms with van der Waals surface area (Å²) >= 11 is 1.16. The van der Waals surface area contributed by atoms with Gasteiger partial charge in [0.2, 0.25) is 0 Å². The van der Waals surface area contributed by atoms with Gasteiger partial charge in [0.1, 0.15) is 10.9 Å². The molecule has 92 valence electrons. The zero-order valence-electron chi connectivity index (χ0n) is 10.2. The molecule has 1 aromatic heterocycles. The predicted octanol–water partition coefficient (Wildman–Crippen LogP) is 3.33. The lowest BCUT2D eigenvalue weighted by Gasteiger charge is -2.06. The molecule has 0 saturated carbocycles. The van der Waals surface area contributed by atoms with Crippen LogP contribution in [-0.4, -0.2) is 22.1 Å². The first-order valence-electron chi connectivity index (χ1n) is 5.49. The molecule has 0 atom stereocenters. The largest absolute Gasteiger partial charge is 0.373 e. The molecule has 18 heavy (non-hydrogen) atoms. The van der Waals surface area contributed by atoms with Crippen molar-refractivity contribution in [3.05, 3.63) is 36.0 Å². The van der Waals surface area contributed by atoms with Gasteiger partial charge >= 0.3 is 0 Å². The summed E-state index contributed by atoms with van der Waals surface area (Å²) in [5.41, 5.74) is 0.826. The second-order valence-electron chi connectivity index (χ2n) is 3.87. The van der Waals surface area contributed by atoms with Crippen LogP contribution in [0, 0.1) is 10.8 Å². The maximum atomic E-state index is 7.92. The normalized spacial score (nSPS) is 10.3. The van der Waals surface area contributed by atoms with Crippen LogP contribution in [0.1, 0.15) is 12.5 Å². The van der Waals surface area contributed by atoms with Crippen LogP contribution in [0.15, 0.2) is 30.5 Å². The van der Waals surface area contributed by atoms with Crippen LogP contribution in [0.4, 0.5) is 5.82 Å². The van der Waals surface area contributed by atoms with Gasteiger partial charge < -0.3 is 5.32 Å². The monoisotopic (exact) mass is 258 g/mol. The molecule has 0 aliphatic carbocycles. The third kappa shape index (κ3) is 2.68. The second kappa shape index (κ2) is 5.18. The molecule has 0 spiro atoms. The maximum Gasteiger partial charge on any atom is 0.126 e. The SMILES string of the molecule is CNc1cc2cc(C(=N)SC(C)=N)ccc2cn1. The van der Waals surface area contributed by atoms with Crippen molar-refractivity contribution in [2.45, 2.75) is 6.92 Å². The smallest absolute Gasteiger partial charge is 0.126 e. The average molecular weight is 258 g/mol. The summed E-state index contributed by atoms with van der Waals surface area (Å²) in [7, 11) is 1.83. The first kappa shape index (κ1) is 12.6. The van der Waals surface area contributed by atoms with Crippen LogP contribution in [0.25, 0.3) is 10.8 Å². The van der Waals surface area contributed by atoms with Crippen LogP contribution in [0.3, 0.4) is 0 Å². The molecule has 0 bridgehead atoms. The quantitative estimate of drug-likeness (QED) is 0.571. The van der Waals surface area contributed by atoms with Crippen LogP contribution in [-0.2, 0) is 0 Å². The Morgan fingerprint density at radius 3 is 2.67 bits per heavy atom. The molecule has 5 heteroatoms. The summed E-state index contributed by atoms with van der Waals surface area (Å²) in [6.45, 7) is 1.68. The third-order valence-corrected chi connectivity index (χ3v) is 3.24. The van der Waals surface area contributed by atoms with E-state index >= 15 is 0 Å². The number of benzene rings is 1. The van der Waals surface area contributed by atoms with Crippen molar-refractivity contribution in [2.24, 2.45) is 0 Å². The van der Waals surface area contributed by atoms with E-state index in [9.17, 15) is 0 Å². The lowest BCUT2D eigenvalue weighted by Crippen LogP contribution is -1.97. The zero-order valence-corrected chi connectivity index (χ0v) is 11.1. The van der Waals surface area contributed by atoms with Crippen LogP contribution >= 0.6 is 11.8 Å². The lowest BCUT2D eigenvalue weighted by molar-refractivity contribution is 1.31. The van der Waals surface area contributed by atoms with E-state index in [-0.39, 0.29) is 0 Å². The minimum atomic E-state index is 0.396. The molecule has 0 aliphatic heterocycles. The number of nitrogens with one attached hydrogen (secondary N) is 3. The highest BCUT2D eigenvalue weighted by Gasteiger charge is 2.05. The molecule has 0 radical (unpaired) electrons. The summed E-state index contributed by atoms with van der Waals surface area (Å²) in [5, 5.41) is 21.2. The highest BCUT2D eigenvalue weighted by atomic mass is 32.2. The molecule has 0 amide bonds. The zero-order chi connectivity index (χ0) is 13.1. The number of hydrogen-bond donors (Lipinski definition) is 3. The van der Waals surface area contributed by atoms with E-state index in [4.69, 9.17) is 10.8 Å². The van der Waals surface area contributed by atoms with Crippen molar-refractivity contribution >= 4 is 38.4 Å². The lowest BCUT2D eigenvalue weighted by atomic mass is 10.1. The first-order chi connectivity index (χ1) is 8.60. The van der Waals surface area contributed by atoms with E-state index in [1.807, 2.05) is 37.5 Å². The van der Waals surface area contributed by atoms with Crippen molar-refractivity contribution in [1.82, 2.24) is 4.98 Å². The highest BCUT2D eigenvalue weighted by molar-refractivity contribution is 8.26. The van der Waals surface area contributed by atoms with Gasteiger partial charge in [-0.1, -0.05) is 23.9 Å². The molecular formula is C13H14N4S. The van der Waals surface area contributed by atoms with Crippen LogP contribution < -0.4 is 5.32 Å². The average Bonchev–Trinajstić information content (AvgIpc) is 2.36. The number of fused-ring (bicyclic) bond motifs is 1. The fourth-order valence-corrected chi connectivity index (χ4v) is 2.18. The molecule has 2 rings (SSSR count). The number of pyridine rings is 1. The minimum absolute atomic E-state index is 0.396. The van der Waals surface area contributed by atoms with Gasteiger partial charge in [-0.25, -0.2) is 4.98 Å².